The third-order valence-electron chi connectivity index (χ3n) is 3.99. The third kappa shape index (κ3) is 4.06. The molecule has 128 valence electrons. The number of rotatable bonds is 6. The van der Waals surface area contributed by atoms with Crippen molar-refractivity contribution < 1.29 is 8.42 Å². The molecule has 0 saturated heterocycles. The van der Waals surface area contributed by atoms with Crippen molar-refractivity contribution in [2.75, 3.05) is 10.1 Å². The van der Waals surface area contributed by atoms with Crippen LogP contribution in [0.3, 0.4) is 0 Å². The SMILES string of the molecule is CCS(=O)(=O)N(Cc1cccnc1)c1cccc(-c2ccccc2)c1. The molecule has 2 aromatic carbocycles. The molecule has 1 aromatic heterocycles. The van der Waals surface area contributed by atoms with E-state index in [0.717, 1.165) is 16.7 Å². The fourth-order valence-electron chi connectivity index (χ4n) is 2.63. The zero-order valence-electron chi connectivity index (χ0n) is 14.0. The average molecular weight is 352 g/mol. The van der Waals surface area contributed by atoms with Crippen LogP contribution in [0.15, 0.2) is 79.1 Å². The second-order valence-electron chi connectivity index (χ2n) is 5.68. The second-order valence-corrected chi connectivity index (χ2v) is 7.87. The Morgan fingerprint density at radius 2 is 1.68 bits per heavy atom. The standard InChI is InChI=1S/C20H20N2O2S/c1-2-25(23,24)22(16-17-8-7-13-21-15-17)20-12-6-11-19(14-20)18-9-4-3-5-10-18/h3-15H,2,16H2,1H3. The summed E-state index contributed by atoms with van der Waals surface area (Å²) >= 11 is 0. The van der Waals surface area contributed by atoms with Crippen LogP contribution in [-0.2, 0) is 16.6 Å². The van der Waals surface area contributed by atoms with Crippen LogP contribution in [0.2, 0.25) is 0 Å². The van der Waals surface area contributed by atoms with Gasteiger partial charge >= 0.3 is 0 Å². The molecule has 0 saturated carbocycles. The number of hydrogen-bond acceptors (Lipinski definition) is 3. The van der Waals surface area contributed by atoms with Gasteiger partial charge in [0.15, 0.2) is 0 Å². The Morgan fingerprint density at radius 3 is 2.36 bits per heavy atom. The lowest BCUT2D eigenvalue weighted by Crippen LogP contribution is -2.31. The van der Waals surface area contributed by atoms with Crippen LogP contribution in [0.25, 0.3) is 11.1 Å². The molecule has 25 heavy (non-hydrogen) atoms. The summed E-state index contributed by atoms with van der Waals surface area (Å²) in [5.74, 6) is 0.0445. The van der Waals surface area contributed by atoms with E-state index in [9.17, 15) is 8.42 Å². The molecular formula is C20H20N2O2S. The summed E-state index contributed by atoms with van der Waals surface area (Å²) in [4.78, 5) is 4.08. The normalized spacial score (nSPS) is 11.2. The molecule has 0 bridgehead atoms. The summed E-state index contributed by atoms with van der Waals surface area (Å²) in [6.07, 6.45) is 3.37. The quantitative estimate of drug-likeness (QED) is 0.671. The highest BCUT2D eigenvalue weighted by molar-refractivity contribution is 7.92. The summed E-state index contributed by atoms with van der Waals surface area (Å²) in [7, 11) is -3.40. The lowest BCUT2D eigenvalue weighted by atomic mass is 10.1. The van der Waals surface area contributed by atoms with Crippen LogP contribution in [-0.4, -0.2) is 19.2 Å². The van der Waals surface area contributed by atoms with Crippen molar-refractivity contribution >= 4 is 15.7 Å². The van der Waals surface area contributed by atoms with Gasteiger partial charge in [0.05, 0.1) is 18.0 Å². The second kappa shape index (κ2) is 7.49. The summed E-state index contributed by atoms with van der Waals surface area (Å²) < 4.78 is 26.8. The number of pyridine rings is 1. The van der Waals surface area contributed by atoms with Crippen LogP contribution < -0.4 is 4.31 Å². The Balaban J connectivity index is 2.02. The van der Waals surface area contributed by atoms with E-state index in [4.69, 9.17) is 0 Å². The van der Waals surface area contributed by atoms with Gasteiger partial charge in [-0.05, 0) is 41.8 Å². The lowest BCUT2D eigenvalue weighted by Gasteiger charge is -2.24. The van der Waals surface area contributed by atoms with Crippen LogP contribution in [0.5, 0.6) is 0 Å². The molecule has 0 aliphatic carbocycles. The van der Waals surface area contributed by atoms with E-state index in [1.165, 1.54) is 4.31 Å². The number of anilines is 1. The number of aromatic nitrogens is 1. The Kier molecular flexibility index (Phi) is 5.14. The first-order valence-electron chi connectivity index (χ1n) is 8.15. The maximum Gasteiger partial charge on any atom is 0.235 e. The molecule has 4 nitrogen and oxygen atoms in total. The molecule has 0 fully saturated rings. The molecular weight excluding hydrogens is 332 g/mol. The monoisotopic (exact) mass is 352 g/mol. The molecule has 0 amide bonds. The number of benzene rings is 2. The molecule has 3 rings (SSSR count). The van der Waals surface area contributed by atoms with Crippen LogP contribution in [0, 0.1) is 0 Å². The predicted octanol–water partition coefficient (Wildman–Crippen LogP) is 4.10. The summed E-state index contributed by atoms with van der Waals surface area (Å²) in [5, 5.41) is 0. The molecule has 3 aromatic rings. The van der Waals surface area contributed by atoms with E-state index in [2.05, 4.69) is 4.98 Å². The molecule has 1 heterocycles. The highest BCUT2D eigenvalue weighted by atomic mass is 32.2. The van der Waals surface area contributed by atoms with Gasteiger partial charge < -0.3 is 0 Å². The Labute approximate surface area is 148 Å². The highest BCUT2D eigenvalue weighted by Crippen LogP contribution is 2.27. The van der Waals surface area contributed by atoms with E-state index in [1.54, 1.807) is 19.3 Å². The number of sulfonamides is 1. The molecule has 0 aliphatic heterocycles. The first-order valence-corrected chi connectivity index (χ1v) is 9.76. The molecule has 5 heteroatoms. The first kappa shape index (κ1) is 17.2. The van der Waals surface area contributed by atoms with Crippen molar-refractivity contribution in [3.8, 4) is 11.1 Å². The van der Waals surface area contributed by atoms with Gasteiger partial charge in [0, 0.05) is 12.4 Å². The fourth-order valence-corrected chi connectivity index (χ4v) is 3.73. The number of hydrogen-bond donors (Lipinski definition) is 0. The van der Waals surface area contributed by atoms with E-state index in [-0.39, 0.29) is 12.3 Å². The van der Waals surface area contributed by atoms with Crippen molar-refractivity contribution in [2.45, 2.75) is 13.5 Å². The van der Waals surface area contributed by atoms with Crippen molar-refractivity contribution in [3.63, 3.8) is 0 Å². The van der Waals surface area contributed by atoms with Crippen molar-refractivity contribution in [3.05, 3.63) is 84.7 Å². The maximum absolute atomic E-state index is 12.7. The number of nitrogens with zero attached hydrogens (tertiary/aromatic N) is 2. The van der Waals surface area contributed by atoms with E-state index < -0.39 is 10.0 Å². The Morgan fingerprint density at radius 1 is 0.920 bits per heavy atom. The van der Waals surface area contributed by atoms with Crippen LogP contribution in [0.4, 0.5) is 5.69 Å². The average Bonchev–Trinajstić information content (AvgIpc) is 2.67. The van der Waals surface area contributed by atoms with Crippen molar-refractivity contribution in [1.82, 2.24) is 4.98 Å². The van der Waals surface area contributed by atoms with E-state index in [0.29, 0.717) is 5.69 Å². The summed E-state index contributed by atoms with van der Waals surface area (Å²) in [6, 6.07) is 21.2. The Hall–Kier alpha value is -2.66. The summed E-state index contributed by atoms with van der Waals surface area (Å²) in [6.45, 7) is 1.93. The van der Waals surface area contributed by atoms with E-state index in [1.807, 2.05) is 66.7 Å². The molecule has 0 unspecified atom stereocenters. The largest absolute Gasteiger partial charge is 0.266 e. The smallest absolute Gasteiger partial charge is 0.235 e. The van der Waals surface area contributed by atoms with Gasteiger partial charge in [-0.15, -0.1) is 0 Å². The fraction of sp³-hybridized carbons (Fsp3) is 0.150. The van der Waals surface area contributed by atoms with Gasteiger partial charge in [-0.3, -0.25) is 9.29 Å². The molecule has 0 spiro atoms. The highest BCUT2D eigenvalue weighted by Gasteiger charge is 2.21. The minimum atomic E-state index is -3.40. The van der Waals surface area contributed by atoms with E-state index >= 15 is 0 Å². The minimum Gasteiger partial charge on any atom is -0.266 e. The third-order valence-corrected chi connectivity index (χ3v) is 5.73. The van der Waals surface area contributed by atoms with Crippen molar-refractivity contribution in [1.29, 1.82) is 0 Å². The van der Waals surface area contributed by atoms with Gasteiger partial charge in [0.1, 0.15) is 0 Å². The predicted molar refractivity (Wildman–Crippen MR) is 102 cm³/mol. The lowest BCUT2D eigenvalue weighted by molar-refractivity contribution is 0.591. The van der Waals surface area contributed by atoms with Gasteiger partial charge in [0.25, 0.3) is 0 Å². The minimum absolute atomic E-state index is 0.0445. The van der Waals surface area contributed by atoms with Gasteiger partial charge in [0.2, 0.25) is 10.0 Å². The molecule has 0 N–H and O–H groups in total. The zero-order chi connectivity index (χ0) is 17.7. The Bertz CT molecular complexity index is 926. The molecule has 0 aliphatic rings. The van der Waals surface area contributed by atoms with Gasteiger partial charge in [-0.2, -0.15) is 0 Å². The van der Waals surface area contributed by atoms with Crippen LogP contribution in [0.1, 0.15) is 12.5 Å². The maximum atomic E-state index is 12.7. The molecule has 0 atom stereocenters. The molecule has 0 radical (unpaired) electrons. The topological polar surface area (TPSA) is 50.3 Å². The zero-order valence-corrected chi connectivity index (χ0v) is 14.9. The summed E-state index contributed by atoms with van der Waals surface area (Å²) in [5.41, 5.74) is 3.55. The van der Waals surface area contributed by atoms with Gasteiger partial charge in [-0.1, -0.05) is 48.5 Å². The van der Waals surface area contributed by atoms with Crippen LogP contribution >= 0.6 is 0 Å². The first-order chi connectivity index (χ1) is 12.1. The van der Waals surface area contributed by atoms with Crippen molar-refractivity contribution in [2.24, 2.45) is 0 Å². The van der Waals surface area contributed by atoms with Gasteiger partial charge in [-0.25, -0.2) is 8.42 Å².